The average molecular weight is 340 g/mol. The lowest BCUT2D eigenvalue weighted by molar-refractivity contribution is -0.145. The largest absolute Gasteiger partial charge is 0.482 e. The Morgan fingerprint density at radius 1 is 1.12 bits per heavy atom. The zero-order valence-corrected chi connectivity index (χ0v) is 14.2. The third-order valence-electron chi connectivity index (χ3n) is 3.31. The number of hydrazone groups is 1. The number of amides is 1. The van der Waals surface area contributed by atoms with Gasteiger partial charge < -0.3 is 9.47 Å². The van der Waals surface area contributed by atoms with Gasteiger partial charge in [-0.25, -0.2) is 10.2 Å². The molecule has 2 aromatic carbocycles. The van der Waals surface area contributed by atoms with Gasteiger partial charge in [-0.05, 0) is 55.3 Å². The number of benzene rings is 2. The van der Waals surface area contributed by atoms with Gasteiger partial charge in [0.1, 0.15) is 5.75 Å². The number of ether oxygens (including phenoxy) is 2. The first-order valence-corrected chi connectivity index (χ1v) is 7.87. The Bertz CT molecular complexity index is 754. The average Bonchev–Trinajstić information content (AvgIpc) is 2.61. The summed E-state index contributed by atoms with van der Waals surface area (Å²) >= 11 is 0. The van der Waals surface area contributed by atoms with Crippen molar-refractivity contribution in [2.45, 2.75) is 13.8 Å². The second kappa shape index (κ2) is 9.22. The molecule has 0 saturated carbocycles. The van der Waals surface area contributed by atoms with Crippen LogP contribution < -0.4 is 10.2 Å². The topological polar surface area (TPSA) is 77.0 Å². The van der Waals surface area contributed by atoms with Crippen LogP contribution in [0.25, 0.3) is 0 Å². The SMILES string of the molecule is CCOC(=O)COc1ccc(/C=N\NC(=O)c2ccccc2C)cc1. The number of hydrogen-bond donors (Lipinski definition) is 1. The van der Waals surface area contributed by atoms with Crippen LogP contribution in [0.3, 0.4) is 0 Å². The van der Waals surface area contributed by atoms with Crippen molar-refractivity contribution in [3.05, 3.63) is 65.2 Å². The van der Waals surface area contributed by atoms with Gasteiger partial charge in [-0.2, -0.15) is 5.10 Å². The van der Waals surface area contributed by atoms with E-state index in [2.05, 4.69) is 10.5 Å². The summed E-state index contributed by atoms with van der Waals surface area (Å²) in [6, 6.07) is 14.3. The molecule has 0 heterocycles. The Morgan fingerprint density at radius 2 is 1.84 bits per heavy atom. The monoisotopic (exact) mass is 340 g/mol. The van der Waals surface area contributed by atoms with Crippen LogP contribution in [-0.2, 0) is 9.53 Å². The number of carbonyl (C=O) groups is 2. The van der Waals surface area contributed by atoms with E-state index in [1.807, 2.05) is 19.1 Å². The maximum Gasteiger partial charge on any atom is 0.344 e. The molecule has 2 aromatic rings. The van der Waals surface area contributed by atoms with Gasteiger partial charge in [0.2, 0.25) is 0 Å². The van der Waals surface area contributed by atoms with Gasteiger partial charge in [0.05, 0.1) is 12.8 Å². The van der Waals surface area contributed by atoms with Crippen LogP contribution in [0.15, 0.2) is 53.6 Å². The zero-order chi connectivity index (χ0) is 18.1. The molecule has 1 amide bonds. The van der Waals surface area contributed by atoms with E-state index < -0.39 is 5.97 Å². The summed E-state index contributed by atoms with van der Waals surface area (Å²) in [5.74, 6) is -0.120. The molecular formula is C19H20N2O4. The van der Waals surface area contributed by atoms with Gasteiger partial charge in [0.15, 0.2) is 6.61 Å². The molecule has 0 spiro atoms. The molecule has 0 aliphatic rings. The molecule has 0 aromatic heterocycles. The smallest absolute Gasteiger partial charge is 0.344 e. The third-order valence-corrected chi connectivity index (χ3v) is 3.31. The number of aryl methyl sites for hydroxylation is 1. The lowest BCUT2D eigenvalue weighted by atomic mass is 10.1. The van der Waals surface area contributed by atoms with Crippen LogP contribution >= 0.6 is 0 Å². The van der Waals surface area contributed by atoms with Crippen LogP contribution in [0.5, 0.6) is 5.75 Å². The van der Waals surface area contributed by atoms with E-state index in [4.69, 9.17) is 9.47 Å². The van der Waals surface area contributed by atoms with Crippen molar-refractivity contribution in [2.75, 3.05) is 13.2 Å². The maximum absolute atomic E-state index is 12.0. The molecule has 0 aliphatic heterocycles. The highest BCUT2D eigenvalue weighted by atomic mass is 16.6. The first-order valence-electron chi connectivity index (χ1n) is 7.87. The Morgan fingerprint density at radius 3 is 2.52 bits per heavy atom. The number of carbonyl (C=O) groups excluding carboxylic acids is 2. The molecule has 1 N–H and O–H groups in total. The minimum Gasteiger partial charge on any atom is -0.482 e. The Balaban J connectivity index is 1.86. The number of esters is 1. The normalized spacial score (nSPS) is 10.5. The van der Waals surface area contributed by atoms with E-state index in [9.17, 15) is 9.59 Å². The van der Waals surface area contributed by atoms with Gasteiger partial charge in [0, 0.05) is 5.56 Å². The highest BCUT2D eigenvalue weighted by Crippen LogP contribution is 2.11. The van der Waals surface area contributed by atoms with Gasteiger partial charge in [-0.1, -0.05) is 18.2 Å². The molecule has 0 saturated heterocycles. The van der Waals surface area contributed by atoms with E-state index >= 15 is 0 Å². The van der Waals surface area contributed by atoms with Crippen LogP contribution in [0, 0.1) is 6.92 Å². The molecule has 130 valence electrons. The van der Waals surface area contributed by atoms with E-state index in [1.54, 1.807) is 43.3 Å². The van der Waals surface area contributed by atoms with Gasteiger partial charge in [0.25, 0.3) is 5.91 Å². The van der Waals surface area contributed by atoms with Crippen molar-refractivity contribution in [3.8, 4) is 5.75 Å². The number of nitrogens with zero attached hydrogens (tertiary/aromatic N) is 1. The highest BCUT2D eigenvalue weighted by molar-refractivity contribution is 5.96. The molecular weight excluding hydrogens is 320 g/mol. The van der Waals surface area contributed by atoms with E-state index in [-0.39, 0.29) is 12.5 Å². The lowest BCUT2D eigenvalue weighted by Gasteiger charge is -2.05. The van der Waals surface area contributed by atoms with Crippen molar-refractivity contribution in [1.82, 2.24) is 5.43 Å². The highest BCUT2D eigenvalue weighted by Gasteiger charge is 2.06. The lowest BCUT2D eigenvalue weighted by Crippen LogP contribution is -2.18. The Hall–Kier alpha value is -3.15. The number of nitrogens with one attached hydrogen (secondary N) is 1. The molecule has 2 rings (SSSR count). The molecule has 6 nitrogen and oxygen atoms in total. The molecule has 0 aliphatic carbocycles. The standard InChI is InChI=1S/C19H20N2O4/c1-3-24-18(22)13-25-16-10-8-15(9-11-16)12-20-21-19(23)17-7-5-4-6-14(17)2/h4-12H,3,13H2,1-2H3,(H,21,23)/b20-12-. The fourth-order valence-corrected chi connectivity index (χ4v) is 2.05. The number of hydrogen-bond acceptors (Lipinski definition) is 5. The van der Waals surface area contributed by atoms with Crippen LogP contribution in [0.2, 0.25) is 0 Å². The van der Waals surface area contributed by atoms with Crippen molar-refractivity contribution < 1.29 is 19.1 Å². The molecule has 25 heavy (non-hydrogen) atoms. The predicted octanol–water partition coefficient (Wildman–Crippen LogP) is 2.70. The summed E-state index contributed by atoms with van der Waals surface area (Å²) in [6.45, 7) is 3.80. The van der Waals surface area contributed by atoms with Gasteiger partial charge in [-0.3, -0.25) is 4.79 Å². The van der Waals surface area contributed by atoms with Crippen LogP contribution in [0.1, 0.15) is 28.4 Å². The molecule has 0 fully saturated rings. The van der Waals surface area contributed by atoms with Gasteiger partial charge in [-0.15, -0.1) is 0 Å². The van der Waals surface area contributed by atoms with Gasteiger partial charge >= 0.3 is 5.97 Å². The molecule has 0 unspecified atom stereocenters. The molecule has 0 bridgehead atoms. The summed E-state index contributed by atoms with van der Waals surface area (Å²) in [4.78, 5) is 23.2. The summed E-state index contributed by atoms with van der Waals surface area (Å²) in [7, 11) is 0. The zero-order valence-electron chi connectivity index (χ0n) is 14.2. The second-order valence-corrected chi connectivity index (χ2v) is 5.18. The first-order chi connectivity index (χ1) is 12.1. The minimum absolute atomic E-state index is 0.131. The van der Waals surface area contributed by atoms with Crippen molar-refractivity contribution in [1.29, 1.82) is 0 Å². The molecule has 0 atom stereocenters. The van der Waals surface area contributed by atoms with E-state index in [0.717, 1.165) is 11.1 Å². The first kappa shape index (κ1) is 18.2. The number of rotatable bonds is 7. The predicted molar refractivity (Wildman–Crippen MR) is 94.8 cm³/mol. The maximum atomic E-state index is 12.0. The van der Waals surface area contributed by atoms with Crippen LogP contribution in [-0.4, -0.2) is 31.3 Å². The Labute approximate surface area is 146 Å². The minimum atomic E-state index is -0.410. The summed E-state index contributed by atoms with van der Waals surface area (Å²) in [5, 5.41) is 3.95. The van der Waals surface area contributed by atoms with Crippen molar-refractivity contribution in [3.63, 3.8) is 0 Å². The van der Waals surface area contributed by atoms with Crippen molar-refractivity contribution >= 4 is 18.1 Å². The Kier molecular flexibility index (Phi) is 6.71. The van der Waals surface area contributed by atoms with E-state index in [0.29, 0.717) is 17.9 Å². The molecule has 6 heteroatoms. The van der Waals surface area contributed by atoms with Crippen molar-refractivity contribution in [2.24, 2.45) is 5.10 Å². The fraction of sp³-hybridized carbons (Fsp3) is 0.211. The second-order valence-electron chi connectivity index (χ2n) is 5.18. The van der Waals surface area contributed by atoms with Crippen LogP contribution in [0.4, 0.5) is 0 Å². The van der Waals surface area contributed by atoms with E-state index in [1.165, 1.54) is 6.21 Å². The third kappa shape index (κ3) is 5.76. The summed E-state index contributed by atoms with van der Waals surface area (Å²) < 4.78 is 10.1. The molecule has 0 radical (unpaired) electrons. The summed E-state index contributed by atoms with van der Waals surface area (Å²) in [6.07, 6.45) is 1.53. The summed E-state index contributed by atoms with van der Waals surface area (Å²) in [5.41, 5.74) is 4.75. The fourth-order valence-electron chi connectivity index (χ4n) is 2.05. The quantitative estimate of drug-likeness (QED) is 0.478.